The van der Waals surface area contributed by atoms with Crippen molar-refractivity contribution >= 4 is 28.6 Å². The minimum Gasteiger partial charge on any atom is -0.351 e. The van der Waals surface area contributed by atoms with E-state index in [1.165, 1.54) is 11.8 Å². The van der Waals surface area contributed by atoms with Gasteiger partial charge in [-0.2, -0.15) is 0 Å². The van der Waals surface area contributed by atoms with Gasteiger partial charge in [0.05, 0.1) is 16.7 Å². The van der Waals surface area contributed by atoms with E-state index in [4.69, 9.17) is 4.98 Å². The number of hydrogen-bond donors (Lipinski definition) is 1. The predicted molar refractivity (Wildman–Crippen MR) is 117 cm³/mol. The van der Waals surface area contributed by atoms with E-state index < -0.39 is 0 Å². The number of carbonyl (C=O) groups excluding carboxylic acids is 1. The molecule has 1 saturated carbocycles. The summed E-state index contributed by atoms with van der Waals surface area (Å²) >= 11 is 1.35. The van der Waals surface area contributed by atoms with Gasteiger partial charge in [0.25, 0.3) is 5.56 Å². The molecule has 0 atom stereocenters. The zero-order valence-corrected chi connectivity index (χ0v) is 17.4. The Morgan fingerprint density at radius 1 is 1.14 bits per heavy atom. The number of nitrogens with one attached hydrogen (secondary N) is 1. The van der Waals surface area contributed by atoms with E-state index in [1.807, 2.05) is 60.0 Å². The molecule has 1 aromatic heterocycles. The highest BCUT2D eigenvalue weighted by Gasteiger charge is 2.23. The van der Waals surface area contributed by atoms with Crippen LogP contribution in [0.25, 0.3) is 10.9 Å². The number of nitrogens with zero attached hydrogens (tertiary/aromatic N) is 2. The Bertz CT molecular complexity index is 1090. The molecule has 1 fully saturated rings. The first-order valence-corrected chi connectivity index (χ1v) is 11.1. The Hall–Kier alpha value is -2.60. The smallest absolute Gasteiger partial charge is 0.262 e. The molecule has 0 saturated heterocycles. The van der Waals surface area contributed by atoms with Crippen molar-refractivity contribution in [3.63, 3.8) is 0 Å². The third kappa shape index (κ3) is 4.37. The van der Waals surface area contributed by atoms with Crippen molar-refractivity contribution in [2.24, 2.45) is 0 Å². The van der Waals surface area contributed by atoms with Gasteiger partial charge in [-0.15, -0.1) is 0 Å². The number of aromatic nitrogens is 2. The maximum absolute atomic E-state index is 13.1. The summed E-state index contributed by atoms with van der Waals surface area (Å²) in [5, 5.41) is 4.27. The molecule has 0 unspecified atom stereocenters. The monoisotopic (exact) mass is 407 g/mol. The Balaban J connectivity index is 1.52. The van der Waals surface area contributed by atoms with E-state index in [0.29, 0.717) is 22.6 Å². The highest BCUT2D eigenvalue weighted by Crippen LogP contribution is 2.32. The fourth-order valence-corrected chi connectivity index (χ4v) is 4.79. The van der Waals surface area contributed by atoms with Gasteiger partial charge in [-0.1, -0.05) is 61.0 Å². The van der Waals surface area contributed by atoms with Crippen LogP contribution in [-0.2, 0) is 11.3 Å². The second kappa shape index (κ2) is 8.82. The molecule has 150 valence electrons. The summed E-state index contributed by atoms with van der Waals surface area (Å²) in [5.74, 6) is 0.183. The SMILES string of the molecule is Cc1ccccc1CNC(=O)CSc1nc2ccccc2c(=O)n1C1CCCC1. The van der Waals surface area contributed by atoms with Crippen LogP contribution in [0.15, 0.2) is 58.5 Å². The third-order valence-electron chi connectivity index (χ3n) is 5.53. The van der Waals surface area contributed by atoms with Gasteiger partial charge in [0, 0.05) is 12.6 Å². The lowest BCUT2D eigenvalue weighted by Crippen LogP contribution is -2.28. The first kappa shape index (κ1) is 19.7. The van der Waals surface area contributed by atoms with Crippen molar-refractivity contribution in [3.05, 3.63) is 70.0 Å². The molecule has 0 radical (unpaired) electrons. The Kier molecular flexibility index (Phi) is 6.00. The average molecular weight is 408 g/mol. The zero-order valence-electron chi connectivity index (χ0n) is 16.6. The fourth-order valence-electron chi connectivity index (χ4n) is 3.90. The molecule has 1 amide bonds. The first-order valence-electron chi connectivity index (χ1n) is 10.1. The molecule has 1 aliphatic carbocycles. The third-order valence-corrected chi connectivity index (χ3v) is 6.49. The Morgan fingerprint density at radius 2 is 1.86 bits per heavy atom. The van der Waals surface area contributed by atoms with Crippen molar-refractivity contribution in [3.8, 4) is 0 Å². The lowest BCUT2D eigenvalue weighted by molar-refractivity contribution is -0.118. The lowest BCUT2D eigenvalue weighted by atomic mass is 10.1. The lowest BCUT2D eigenvalue weighted by Gasteiger charge is -2.18. The number of hydrogen-bond acceptors (Lipinski definition) is 4. The molecular weight excluding hydrogens is 382 g/mol. The van der Waals surface area contributed by atoms with E-state index in [0.717, 1.165) is 36.8 Å². The number of aryl methyl sites for hydroxylation is 1. The summed E-state index contributed by atoms with van der Waals surface area (Å²) in [6.45, 7) is 2.54. The summed E-state index contributed by atoms with van der Waals surface area (Å²) in [5.41, 5.74) is 2.96. The van der Waals surface area contributed by atoms with Gasteiger partial charge >= 0.3 is 0 Å². The van der Waals surface area contributed by atoms with Crippen LogP contribution in [0.2, 0.25) is 0 Å². The van der Waals surface area contributed by atoms with E-state index in [-0.39, 0.29) is 23.3 Å². The zero-order chi connectivity index (χ0) is 20.2. The second-order valence-corrected chi connectivity index (χ2v) is 8.46. The Labute approximate surface area is 174 Å². The van der Waals surface area contributed by atoms with Gasteiger partial charge in [0.1, 0.15) is 0 Å². The average Bonchev–Trinajstić information content (AvgIpc) is 3.26. The highest BCUT2D eigenvalue weighted by molar-refractivity contribution is 7.99. The fraction of sp³-hybridized carbons (Fsp3) is 0.348. The highest BCUT2D eigenvalue weighted by atomic mass is 32.2. The number of carbonyl (C=O) groups is 1. The van der Waals surface area contributed by atoms with Crippen molar-refractivity contribution in [2.75, 3.05) is 5.75 Å². The molecule has 4 rings (SSSR count). The molecule has 1 heterocycles. The molecule has 29 heavy (non-hydrogen) atoms. The minimum absolute atomic E-state index is 0.00492. The van der Waals surface area contributed by atoms with Gasteiger partial charge in [0.15, 0.2) is 5.16 Å². The topological polar surface area (TPSA) is 64.0 Å². The molecular formula is C23H25N3O2S. The second-order valence-electron chi connectivity index (χ2n) is 7.52. The van der Waals surface area contributed by atoms with E-state index in [2.05, 4.69) is 5.32 Å². The van der Waals surface area contributed by atoms with Crippen LogP contribution in [0.3, 0.4) is 0 Å². The number of thioether (sulfide) groups is 1. The first-order chi connectivity index (χ1) is 14.1. The molecule has 0 aliphatic heterocycles. The summed E-state index contributed by atoms with van der Waals surface area (Å²) in [6.07, 6.45) is 4.25. The van der Waals surface area contributed by atoms with E-state index in [1.54, 1.807) is 0 Å². The molecule has 1 aliphatic rings. The van der Waals surface area contributed by atoms with E-state index in [9.17, 15) is 9.59 Å². The predicted octanol–water partition coefficient (Wildman–Crippen LogP) is 4.23. The standard InChI is InChI=1S/C23H25N3O2S/c1-16-8-2-3-9-17(16)14-24-21(27)15-29-23-25-20-13-7-6-12-19(20)22(28)26(23)18-10-4-5-11-18/h2-3,6-9,12-13,18H,4-5,10-11,14-15H2,1H3,(H,24,27). The summed E-state index contributed by atoms with van der Waals surface area (Å²) in [7, 11) is 0. The Morgan fingerprint density at radius 3 is 2.66 bits per heavy atom. The van der Waals surface area contributed by atoms with E-state index >= 15 is 0 Å². The van der Waals surface area contributed by atoms with Crippen LogP contribution < -0.4 is 10.9 Å². The molecule has 0 spiro atoms. The van der Waals surface area contributed by atoms with Crippen molar-refractivity contribution in [2.45, 2.75) is 50.4 Å². The quantitative estimate of drug-likeness (QED) is 0.491. The summed E-state index contributed by atoms with van der Waals surface area (Å²) in [6, 6.07) is 15.6. The van der Waals surface area contributed by atoms with Gasteiger partial charge in [-0.3, -0.25) is 14.2 Å². The molecule has 5 nitrogen and oxygen atoms in total. The van der Waals surface area contributed by atoms with Gasteiger partial charge in [-0.05, 0) is 43.0 Å². The largest absolute Gasteiger partial charge is 0.351 e. The molecule has 0 bridgehead atoms. The molecule has 6 heteroatoms. The van der Waals surface area contributed by atoms with Crippen molar-refractivity contribution < 1.29 is 4.79 Å². The van der Waals surface area contributed by atoms with Gasteiger partial charge in [0.2, 0.25) is 5.91 Å². The van der Waals surface area contributed by atoms with Crippen LogP contribution in [0.1, 0.15) is 42.9 Å². The number of rotatable bonds is 6. The number of benzene rings is 2. The van der Waals surface area contributed by atoms with Crippen LogP contribution in [0.4, 0.5) is 0 Å². The minimum atomic E-state index is -0.0568. The van der Waals surface area contributed by atoms with Gasteiger partial charge in [-0.25, -0.2) is 4.98 Å². The van der Waals surface area contributed by atoms with Crippen LogP contribution in [-0.4, -0.2) is 21.2 Å². The number of fused-ring (bicyclic) bond motifs is 1. The van der Waals surface area contributed by atoms with Crippen molar-refractivity contribution in [1.82, 2.24) is 14.9 Å². The normalized spacial score (nSPS) is 14.4. The van der Waals surface area contributed by atoms with Gasteiger partial charge < -0.3 is 5.32 Å². The maximum atomic E-state index is 13.1. The molecule has 3 aromatic rings. The number of para-hydroxylation sites is 1. The summed E-state index contributed by atoms with van der Waals surface area (Å²) in [4.78, 5) is 30.3. The van der Waals surface area contributed by atoms with Crippen molar-refractivity contribution in [1.29, 1.82) is 0 Å². The van der Waals surface area contributed by atoms with Crippen LogP contribution in [0.5, 0.6) is 0 Å². The maximum Gasteiger partial charge on any atom is 0.262 e. The number of amides is 1. The molecule has 2 aromatic carbocycles. The van der Waals surface area contributed by atoms with Crippen LogP contribution in [0, 0.1) is 6.92 Å². The molecule has 1 N–H and O–H groups in total. The summed E-state index contributed by atoms with van der Waals surface area (Å²) < 4.78 is 1.83. The van der Waals surface area contributed by atoms with Crippen LogP contribution >= 0.6 is 11.8 Å².